The van der Waals surface area contributed by atoms with Gasteiger partial charge in [0.25, 0.3) is 0 Å². The number of nitrogens with zero attached hydrogens (tertiary/aromatic N) is 3. The summed E-state index contributed by atoms with van der Waals surface area (Å²) in [6.07, 6.45) is 0. The maximum atomic E-state index is 6.54. The molecule has 0 saturated heterocycles. The highest BCUT2D eigenvalue weighted by molar-refractivity contribution is 6.28. The van der Waals surface area contributed by atoms with Gasteiger partial charge in [0.05, 0.1) is 0 Å². The molecule has 202 valence electrons. The lowest BCUT2D eigenvalue weighted by molar-refractivity contribution is 1.07. The minimum absolute atomic E-state index is 0.165. The Kier molecular flexibility index (Phi) is 6.17. The summed E-state index contributed by atoms with van der Waals surface area (Å²) in [5.74, 6) is 1.08. The number of halogens is 1. The van der Waals surface area contributed by atoms with E-state index in [1.54, 1.807) is 0 Å². The fraction of sp³-hybridized carbons (Fsp3) is 0. The summed E-state index contributed by atoms with van der Waals surface area (Å²) in [7, 11) is 0. The normalized spacial score (nSPS) is 11.4. The standard InChI is InChI=1S/C39H24ClN3/c40-39-42-37(27-14-10-13-26(23-27)30-16-5-4-15-29(30)25-11-2-1-3-12-25)41-38(43-39)28-21-22-35-33-19-7-6-17-31(33)32-18-8-9-20-34(32)36(35)24-28/h1-24H. The first-order valence-corrected chi connectivity index (χ1v) is 14.6. The van der Waals surface area contributed by atoms with Crippen LogP contribution < -0.4 is 0 Å². The van der Waals surface area contributed by atoms with E-state index in [1.807, 2.05) is 18.2 Å². The minimum atomic E-state index is 0.165. The van der Waals surface area contributed by atoms with Crippen LogP contribution in [0.5, 0.6) is 0 Å². The Morgan fingerprint density at radius 1 is 0.326 bits per heavy atom. The van der Waals surface area contributed by atoms with E-state index in [1.165, 1.54) is 38.1 Å². The molecule has 0 N–H and O–H groups in total. The summed E-state index contributed by atoms with van der Waals surface area (Å²) in [6.45, 7) is 0. The molecule has 43 heavy (non-hydrogen) atoms. The van der Waals surface area contributed by atoms with Gasteiger partial charge in [0.15, 0.2) is 11.6 Å². The van der Waals surface area contributed by atoms with Crippen molar-refractivity contribution in [2.75, 3.05) is 0 Å². The lowest BCUT2D eigenvalue weighted by atomic mass is 9.93. The number of hydrogen-bond donors (Lipinski definition) is 0. The highest BCUT2D eigenvalue weighted by Gasteiger charge is 2.14. The molecule has 4 heteroatoms. The van der Waals surface area contributed by atoms with Crippen molar-refractivity contribution in [3.63, 3.8) is 0 Å². The predicted octanol–water partition coefficient (Wildman–Crippen LogP) is 10.7. The van der Waals surface area contributed by atoms with Gasteiger partial charge in [-0.05, 0) is 78.3 Å². The van der Waals surface area contributed by atoms with Crippen molar-refractivity contribution in [2.45, 2.75) is 0 Å². The Bertz CT molecular complexity index is 2280. The summed E-state index contributed by atoms with van der Waals surface area (Å²) >= 11 is 6.54. The van der Waals surface area contributed by atoms with Gasteiger partial charge in [0.1, 0.15) is 0 Å². The van der Waals surface area contributed by atoms with Gasteiger partial charge in [-0.1, -0.05) is 133 Å². The zero-order valence-electron chi connectivity index (χ0n) is 23.1. The lowest BCUT2D eigenvalue weighted by Gasteiger charge is -2.12. The molecule has 0 bridgehead atoms. The third-order valence-corrected chi connectivity index (χ3v) is 8.22. The van der Waals surface area contributed by atoms with E-state index in [0.717, 1.165) is 27.6 Å². The second-order valence-corrected chi connectivity index (χ2v) is 10.9. The van der Waals surface area contributed by atoms with Crippen LogP contribution in [0, 0.1) is 0 Å². The third kappa shape index (κ3) is 4.51. The Balaban J connectivity index is 1.26. The Labute approximate surface area is 254 Å². The maximum Gasteiger partial charge on any atom is 0.226 e. The van der Waals surface area contributed by atoms with E-state index in [0.29, 0.717) is 11.6 Å². The van der Waals surface area contributed by atoms with Gasteiger partial charge in [-0.15, -0.1) is 0 Å². The SMILES string of the molecule is Clc1nc(-c2cccc(-c3ccccc3-c3ccccc3)c2)nc(-c2ccc3c4ccccc4c4ccccc4c3c2)n1. The van der Waals surface area contributed by atoms with Crippen LogP contribution in [0.25, 0.3) is 77.3 Å². The minimum Gasteiger partial charge on any atom is -0.208 e. The summed E-state index contributed by atoms with van der Waals surface area (Å²) in [5.41, 5.74) is 6.34. The van der Waals surface area contributed by atoms with Gasteiger partial charge in [-0.25, -0.2) is 4.98 Å². The van der Waals surface area contributed by atoms with E-state index in [4.69, 9.17) is 16.6 Å². The van der Waals surface area contributed by atoms with Crippen LogP contribution in [0.2, 0.25) is 5.28 Å². The number of rotatable bonds is 4. The Morgan fingerprint density at radius 3 is 1.44 bits per heavy atom. The van der Waals surface area contributed by atoms with Gasteiger partial charge in [-0.3, -0.25) is 0 Å². The topological polar surface area (TPSA) is 38.7 Å². The molecule has 8 aromatic rings. The molecule has 0 aliphatic rings. The molecular weight excluding hydrogens is 546 g/mol. The molecule has 0 atom stereocenters. The molecule has 0 saturated carbocycles. The smallest absolute Gasteiger partial charge is 0.208 e. The van der Waals surface area contributed by atoms with Crippen LogP contribution in [0.1, 0.15) is 0 Å². The second-order valence-electron chi connectivity index (χ2n) is 10.6. The van der Waals surface area contributed by atoms with Gasteiger partial charge in [0, 0.05) is 11.1 Å². The van der Waals surface area contributed by atoms with E-state index < -0.39 is 0 Å². The van der Waals surface area contributed by atoms with Crippen LogP contribution in [0.4, 0.5) is 0 Å². The molecule has 1 aromatic heterocycles. The fourth-order valence-corrected chi connectivity index (χ4v) is 6.25. The maximum absolute atomic E-state index is 6.54. The zero-order valence-corrected chi connectivity index (χ0v) is 23.8. The van der Waals surface area contributed by atoms with Gasteiger partial charge in [0.2, 0.25) is 5.28 Å². The first kappa shape index (κ1) is 25.3. The van der Waals surface area contributed by atoms with Crippen molar-refractivity contribution in [3.8, 4) is 45.0 Å². The molecule has 0 radical (unpaired) electrons. The lowest BCUT2D eigenvalue weighted by Crippen LogP contribution is -1.98. The fourth-order valence-electron chi connectivity index (χ4n) is 6.09. The quantitative estimate of drug-likeness (QED) is 0.198. The molecule has 8 rings (SSSR count). The van der Waals surface area contributed by atoms with Crippen molar-refractivity contribution in [1.82, 2.24) is 15.0 Å². The van der Waals surface area contributed by atoms with Crippen LogP contribution in [-0.4, -0.2) is 15.0 Å². The highest BCUT2D eigenvalue weighted by Crippen LogP contribution is 2.37. The third-order valence-electron chi connectivity index (χ3n) is 8.05. The predicted molar refractivity (Wildman–Crippen MR) is 179 cm³/mol. The van der Waals surface area contributed by atoms with Gasteiger partial charge in [-0.2, -0.15) is 9.97 Å². The van der Waals surface area contributed by atoms with Crippen LogP contribution in [-0.2, 0) is 0 Å². The molecule has 7 aromatic carbocycles. The molecule has 0 fully saturated rings. The van der Waals surface area contributed by atoms with Crippen molar-refractivity contribution in [2.24, 2.45) is 0 Å². The van der Waals surface area contributed by atoms with Crippen molar-refractivity contribution in [3.05, 3.63) is 151 Å². The molecule has 1 heterocycles. The van der Waals surface area contributed by atoms with Crippen molar-refractivity contribution < 1.29 is 0 Å². The van der Waals surface area contributed by atoms with Gasteiger partial charge < -0.3 is 0 Å². The molecule has 3 nitrogen and oxygen atoms in total. The van der Waals surface area contributed by atoms with E-state index in [9.17, 15) is 0 Å². The first-order valence-electron chi connectivity index (χ1n) is 14.2. The monoisotopic (exact) mass is 569 g/mol. The highest BCUT2D eigenvalue weighted by atomic mass is 35.5. The summed E-state index contributed by atoms with van der Waals surface area (Å²) < 4.78 is 0. The summed E-state index contributed by atoms with van der Waals surface area (Å²) in [6, 6.07) is 50.7. The van der Waals surface area contributed by atoms with E-state index in [2.05, 4.69) is 137 Å². The van der Waals surface area contributed by atoms with Gasteiger partial charge >= 0.3 is 0 Å². The summed E-state index contributed by atoms with van der Waals surface area (Å²) in [4.78, 5) is 14.0. The number of aromatic nitrogens is 3. The molecule has 0 unspecified atom stereocenters. The summed E-state index contributed by atoms with van der Waals surface area (Å²) in [5, 5.41) is 7.42. The molecule has 0 aliphatic heterocycles. The van der Waals surface area contributed by atoms with E-state index in [-0.39, 0.29) is 5.28 Å². The molecule has 0 spiro atoms. The number of fused-ring (bicyclic) bond motifs is 6. The zero-order chi connectivity index (χ0) is 28.8. The van der Waals surface area contributed by atoms with Crippen molar-refractivity contribution >= 4 is 43.9 Å². The van der Waals surface area contributed by atoms with E-state index >= 15 is 0 Å². The average Bonchev–Trinajstić information content (AvgIpc) is 3.08. The number of hydrogen-bond acceptors (Lipinski definition) is 3. The molecule has 0 amide bonds. The van der Waals surface area contributed by atoms with Crippen LogP contribution >= 0.6 is 11.6 Å². The van der Waals surface area contributed by atoms with Crippen LogP contribution in [0.15, 0.2) is 146 Å². The average molecular weight is 570 g/mol. The Morgan fingerprint density at radius 2 is 0.791 bits per heavy atom. The Hall–Kier alpha value is -5.38. The first-order chi connectivity index (χ1) is 21.2. The van der Waals surface area contributed by atoms with Crippen molar-refractivity contribution in [1.29, 1.82) is 0 Å². The second kappa shape index (κ2) is 10.5. The van der Waals surface area contributed by atoms with Crippen LogP contribution in [0.3, 0.4) is 0 Å². The molecule has 0 aliphatic carbocycles. The largest absolute Gasteiger partial charge is 0.226 e. The molecular formula is C39H24ClN3. The number of benzene rings is 7.